The van der Waals surface area contributed by atoms with E-state index in [2.05, 4.69) is 20.5 Å². The highest BCUT2D eigenvalue weighted by Gasteiger charge is 2.07. The number of tetrazole rings is 1. The van der Waals surface area contributed by atoms with Crippen LogP contribution in [-0.4, -0.2) is 32.3 Å². The smallest absolute Gasteiger partial charge is 0.213 e. The van der Waals surface area contributed by atoms with Gasteiger partial charge in [-0.05, 0) is 34.7 Å². The van der Waals surface area contributed by atoms with Crippen molar-refractivity contribution in [1.29, 1.82) is 0 Å². The van der Waals surface area contributed by atoms with Gasteiger partial charge in [0.25, 0.3) is 0 Å². The molecule has 90 valence electrons. The molecule has 3 aromatic rings. The van der Waals surface area contributed by atoms with E-state index in [0.29, 0.717) is 0 Å². The quantitative estimate of drug-likeness (QED) is 0.717. The van der Waals surface area contributed by atoms with Crippen molar-refractivity contribution in [2.24, 2.45) is 0 Å². The van der Waals surface area contributed by atoms with Crippen molar-refractivity contribution in [3.8, 4) is 22.1 Å². The summed E-state index contributed by atoms with van der Waals surface area (Å²) in [5.41, 5.74) is 1.93. The van der Waals surface area contributed by atoms with Crippen molar-refractivity contribution in [2.75, 3.05) is 7.11 Å². The zero-order chi connectivity index (χ0) is 12.4. The molecular formula is C11H9N5OS. The third-order valence-corrected chi connectivity index (χ3v) is 3.25. The van der Waals surface area contributed by atoms with Gasteiger partial charge in [-0.3, -0.25) is 0 Å². The van der Waals surface area contributed by atoms with E-state index in [0.717, 1.165) is 22.1 Å². The lowest BCUT2D eigenvalue weighted by Gasteiger charge is -2.00. The van der Waals surface area contributed by atoms with E-state index in [4.69, 9.17) is 4.74 Å². The van der Waals surface area contributed by atoms with E-state index in [1.807, 2.05) is 29.6 Å². The number of methoxy groups -OCH3 is 1. The largest absolute Gasteiger partial charge is 0.497 e. The maximum absolute atomic E-state index is 5.12. The second-order valence-electron chi connectivity index (χ2n) is 3.50. The van der Waals surface area contributed by atoms with Gasteiger partial charge >= 0.3 is 0 Å². The second-order valence-corrected chi connectivity index (χ2v) is 4.33. The molecule has 2 aromatic heterocycles. The van der Waals surface area contributed by atoms with Gasteiger partial charge < -0.3 is 4.74 Å². The highest BCUT2D eigenvalue weighted by atomic mass is 32.1. The maximum atomic E-state index is 5.12. The molecule has 0 N–H and O–H groups in total. The first-order valence-corrected chi connectivity index (χ1v) is 6.08. The number of ether oxygens (including phenoxy) is 1. The molecule has 6 nitrogen and oxygen atoms in total. The number of nitrogens with zero attached hydrogens (tertiary/aromatic N) is 5. The molecule has 0 aliphatic rings. The van der Waals surface area contributed by atoms with Crippen molar-refractivity contribution in [3.05, 3.63) is 36.0 Å². The van der Waals surface area contributed by atoms with Gasteiger partial charge in [0.1, 0.15) is 12.1 Å². The summed E-state index contributed by atoms with van der Waals surface area (Å²) in [7, 11) is 1.65. The van der Waals surface area contributed by atoms with Crippen molar-refractivity contribution < 1.29 is 4.74 Å². The summed E-state index contributed by atoms with van der Waals surface area (Å²) in [6, 6.07) is 7.76. The van der Waals surface area contributed by atoms with Gasteiger partial charge in [0.2, 0.25) is 5.13 Å². The molecule has 3 rings (SSSR count). The Morgan fingerprint density at radius 1 is 1.22 bits per heavy atom. The van der Waals surface area contributed by atoms with Gasteiger partial charge in [0, 0.05) is 10.9 Å². The fraction of sp³-hybridized carbons (Fsp3) is 0.0909. The molecule has 0 unspecified atom stereocenters. The van der Waals surface area contributed by atoms with Crippen molar-refractivity contribution in [3.63, 3.8) is 0 Å². The Bertz CT molecular complexity index is 632. The minimum Gasteiger partial charge on any atom is -0.497 e. The molecule has 1 aromatic carbocycles. The van der Waals surface area contributed by atoms with Crippen LogP contribution in [0.4, 0.5) is 0 Å². The molecule has 7 heteroatoms. The first-order valence-electron chi connectivity index (χ1n) is 5.20. The number of rotatable bonds is 3. The molecule has 0 atom stereocenters. The molecule has 0 bridgehead atoms. The normalized spacial score (nSPS) is 10.5. The summed E-state index contributed by atoms with van der Waals surface area (Å²) in [4.78, 5) is 4.48. The molecule has 18 heavy (non-hydrogen) atoms. The number of benzene rings is 1. The first-order chi connectivity index (χ1) is 8.86. The SMILES string of the molecule is COc1ccc(-c2csc(-n3cnnn3)n2)cc1. The third kappa shape index (κ3) is 1.95. The Labute approximate surface area is 107 Å². The van der Waals surface area contributed by atoms with Gasteiger partial charge in [-0.25, -0.2) is 4.98 Å². The van der Waals surface area contributed by atoms with Crippen molar-refractivity contribution in [1.82, 2.24) is 25.2 Å². The number of aromatic nitrogens is 5. The molecular weight excluding hydrogens is 250 g/mol. The van der Waals surface area contributed by atoms with Gasteiger partial charge in [-0.1, -0.05) is 0 Å². The number of hydrogen-bond acceptors (Lipinski definition) is 6. The molecule has 0 spiro atoms. The van der Waals surface area contributed by atoms with Crippen LogP contribution >= 0.6 is 11.3 Å². The van der Waals surface area contributed by atoms with Crippen LogP contribution in [0.2, 0.25) is 0 Å². The fourth-order valence-corrected chi connectivity index (χ4v) is 2.26. The molecule has 0 fully saturated rings. The van der Waals surface area contributed by atoms with Crippen LogP contribution in [0.15, 0.2) is 36.0 Å². The van der Waals surface area contributed by atoms with Gasteiger partial charge in [0.05, 0.1) is 12.8 Å². The van der Waals surface area contributed by atoms with Crippen LogP contribution in [-0.2, 0) is 0 Å². The summed E-state index contributed by atoms with van der Waals surface area (Å²) in [5.74, 6) is 0.828. The summed E-state index contributed by atoms with van der Waals surface area (Å²) in [5, 5.41) is 13.7. The zero-order valence-electron chi connectivity index (χ0n) is 9.52. The molecule has 0 aliphatic carbocycles. The third-order valence-electron chi connectivity index (χ3n) is 2.42. The minimum absolute atomic E-state index is 0.741. The van der Waals surface area contributed by atoms with Crippen LogP contribution in [0.5, 0.6) is 5.75 Å². The van der Waals surface area contributed by atoms with Crippen LogP contribution < -0.4 is 4.74 Å². The number of thiazole rings is 1. The highest BCUT2D eigenvalue weighted by Crippen LogP contribution is 2.25. The van der Waals surface area contributed by atoms with E-state index in [1.165, 1.54) is 22.3 Å². The topological polar surface area (TPSA) is 65.7 Å². The van der Waals surface area contributed by atoms with Crippen LogP contribution in [0, 0.1) is 0 Å². The predicted molar refractivity (Wildman–Crippen MR) is 66.8 cm³/mol. The van der Waals surface area contributed by atoms with Crippen LogP contribution in [0.1, 0.15) is 0 Å². The lowest BCUT2D eigenvalue weighted by molar-refractivity contribution is 0.415. The Balaban J connectivity index is 1.92. The summed E-state index contributed by atoms with van der Waals surface area (Å²) in [6.07, 6.45) is 1.52. The van der Waals surface area contributed by atoms with E-state index in [1.54, 1.807) is 7.11 Å². The molecule has 2 heterocycles. The molecule has 0 saturated heterocycles. The lowest BCUT2D eigenvalue weighted by atomic mass is 10.2. The predicted octanol–water partition coefficient (Wildman–Crippen LogP) is 1.79. The Hall–Kier alpha value is -2.28. The minimum atomic E-state index is 0.741. The average Bonchev–Trinajstić information content (AvgIpc) is 3.09. The highest BCUT2D eigenvalue weighted by molar-refractivity contribution is 7.12. The zero-order valence-corrected chi connectivity index (χ0v) is 10.3. The fourth-order valence-electron chi connectivity index (χ4n) is 1.51. The maximum Gasteiger partial charge on any atom is 0.213 e. The van der Waals surface area contributed by atoms with Crippen molar-refractivity contribution >= 4 is 11.3 Å². The van der Waals surface area contributed by atoms with Gasteiger partial charge in [0.15, 0.2) is 0 Å². The first kappa shape index (κ1) is 10.8. The summed E-state index contributed by atoms with van der Waals surface area (Å²) < 4.78 is 6.66. The molecule has 0 aliphatic heterocycles. The monoisotopic (exact) mass is 259 g/mol. The van der Waals surface area contributed by atoms with E-state index in [9.17, 15) is 0 Å². The standard InChI is InChI=1S/C11H9N5OS/c1-17-9-4-2-8(3-5-9)10-6-18-11(13-10)16-7-12-14-15-16/h2-7H,1H3. The number of hydrogen-bond donors (Lipinski definition) is 0. The van der Waals surface area contributed by atoms with Crippen LogP contribution in [0.3, 0.4) is 0 Å². The average molecular weight is 259 g/mol. The Morgan fingerprint density at radius 2 is 2.06 bits per heavy atom. The van der Waals surface area contributed by atoms with E-state index >= 15 is 0 Å². The Morgan fingerprint density at radius 3 is 2.72 bits per heavy atom. The van der Waals surface area contributed by atoms with Crippen molar-refractivity contribution in [2.45, 2.75) is 0 Å². The lowest BCUT2D eigenvalue weighted by Crippen LogP contribution is -1.93. The molecule has 0 radical (unpaired) electrons. The Kier molecular flexibility index (Phi) is 2.73. The summed E-state index contributed by atoms with van der Waals surface area (Å²) >= 11 is 1.49. The van der Waals surface area contributed by atoms with Gasteiger partial charge in [-0.2, -0.15) is 4.68 Å². The van der Waals surface area contributed by atoms with Crippen LogP contribution in [0.25, 0.3) is 16.4 Å². The molecule has 0 amide bonds. The van der Waals surface area contributed by atoms with Gasteiger partial charge in [-0.15, -0.1) is 16.4 Å². The van der Waals surface area contributed by atoms with E-state index in [-0.39, 0.29) is 0 Å². The van der Waals surface area contributed by atoms with E-state index < -0.39 is 0 Å². The summed E-state index contributed by atoms with van der Waals surface area (Å²) in [6.45, 7) is 0. The second kappa shape index (κ2) is 4.53. The molecule has 0 saturated carbocycles.